The lowest BCUT2D eigenvalue weighted by atomic mass is 9.88. The number of hydrogen-bond donors (Lipinski definition) is 1. The number of hydrogen-bond acceptors (Lipinski definition) is 3. The van der Waals surface area contributed by atoms with Gasteiger partial charge in [0.2, 0.25) is 0 Å². The fourth-order valence-corrected chi connectivity index (χ4v) is 2.53. The number of carbonyl (C=O) groups excluding carboxylic acids is 2. The summed E-state index contributed by atoms with van der Waals surface area (Å²) >= 11 is 5.89. The Bertz CT molecular complexity index is 684. The largest absolute Gasteiger partial charge is 0.455 e. The average Bonchev–Trinajstić information content (AvgIpc) is 2.55. The molecule has 0 aromatic heterocycles. The van der Waals surface area contributed by atoms with Gasteiger partial charge in [-0.25, -0.2) is 0 Å². The minimum absolute atomic E-state index is 0.0378. The van der Waals surface area contributed by atoms with E-state index in [0.717, 1.165) is 5.56 Å². The second-order valence-corrected chi connectivity index (χ2v) is 6.23. The molecule has 0 aliphatic heterocycles. The standard InChI is InChI=1S/C19H20ClNO3/c1-13(2)18(14-8-10-15(20)11-9-14)19(23)24-12-17(22)21-16-6-4-3-5-7-16/h3-11,13,18H,12H2,1-2H3,(H,21,22)/t18-/m1/s1. The highest BCUT2D eigenvalue weighted by Crippen LogP contribution is 2.27. The Morgan fingerprint density at radius 2 is 1.67 bits per heavy atom. The van der Waals surface area contributed by atoms with E-state index in [1.807, 2.05) is 32.0 Å². The maximum Gasteiger partial charge on any atom is 0.314 e. The normalized spacial score (nSPS) is 11.8. The Morgan fingerprint density at radius 3 is 2.25 bits per heavy atom. The van der Waals surface area contributed by atoms with E-state index < -0.39 is 11.9 Å². The third-order valence-corrected chi connectivity index (χ3v) is 3.80. The van der Waals surface area contributed by atoms with Crippen LogP contribution in [0.3, 0.4) is 0 Å². The Hall–Kier alpha value is -2.33. The lowest BCUT2D eigenvalue weighted by molar-refractivity contribution is -0.149. The average molecular weight is 346 g/mol. The minimum Gasteiger partial charge on any atom is -0.455 e. The molecule has 24 heavy (non-hydrogen) atoms. The van der Waals surface area contributed by atoms with Gasteiger partial charge in [-0.3, -0.25) is 9.59 Å². The Labute approximate surface area is 146 Å². The molecule has 0 saturated carbocycles. The van der Waals surface area contributed by atoms with Crippen molar-refractivity contribution in [1.29, 1.82) is 0 Å². The van der Waals surface area contributed by atoms with Crippen molar-refractivity contribution in [2.24, 2.45) is 5.92 Å². The first-order chi connectivity index (χ1) is 11.5. The van der Waals surface area contributed by atoms with Gasteiger partial charge in [0.25, 0.3) is 5.91 Å². The van der Waals surface area contributed by atoms with Crippen LogP contribution in [0.1, 0.15) is 25.3 Å². The van der Waals surface area contributed by atoms with Crippen molar-refractivity contribution in [1.82, 2.24) is 0 Å². The number of anilines is 1. The number of carbonyl (C=O) groups is 2. The molecule has 0 bridgehead atoms. The van der Waals surface area contributed by atoms with E-state index in [4.69, 9.17) is 16.3 Å². The third-order valence-electron chi connectivity index (χ3n) is 3.55. The first kappa shape index (κ1) is 18.0. The monoisotopic (exact) mass is 345 g/mol. The van der Waals surface area contributed by atoms with Gasteiger partial charge in [-0.2, -0.15) is 0 Å². The Morgan fingerprint density at radius 1 is 1.04 bits per heavy atom. The Kier molecular flexibility index (Phi) is 6.38. The minimum atomic E-state index is -0.438. The molecule has 1 atom stereocenters. The van der Waals surface area contributed by atoms with Crippen molar-refractivity contribution in [3.63, 3.8) is 0 Å². The van der Waals surface area contributed by atoms with Crippen molar-refractivity contribution < 1.29 is 14.3 Å². The Balaban J connectivity index is 1.96. The van der Waals surface area contributed by atoms with E-state index in [1.165, 1.54) is 0 Å². The van der Waals surface area contributed by atoms with Crippen LogP contribution in [-0.4, -0.2) is 18.5 Å². The number of para-hydroxylation sites is 1. The summed E-state index contributed by atoms with van der Waals surface area (Å²) in [5.74, 6) is -1.19. The molecule has 5 heteroatoms. The van der Waals surface area contributed by atoms with Crippen LogP contribution in [0, 0.1) is 5.92 Å². The van der Waals surface area contributed by atoms with Gasteiger partial charge in [0, 0.05) is 10.7 Å². The van der Waals surface area contributed by atoms with Gasteiger partial charge in [-0.1, -0.05) is 55.8 Å². The molecule has 0 radical (unpaired) electrons. The molecule has 0 spiro atoms. The van der Waals surface area contributed by atoms with Crippen LogP contribution in [0.25, 0.3) is 0 Å². The second-order valence-electron chi connectivity index (χ2n) is 5.80. The van der Waals surface area contributed by atoms with Gasteiger partial charge in [-0.05, 0) is 35.7 Å². The zero-order chi connectivity index (χ0) is 17.5. The quantitative estimate of drug-likeness (QED) is 0.796. The number of halogens is 1. The molecule has 0 saturated heterocycles. The lowest BCUT2D eigenvalue weighted by Gasteiger charge is -2.19. The van der Waals surface area contributed by atoms with Crippen LogP contribution in [0.2, 0.25) is 5.02 Å². The summed E-state index contributed by atoms with van der Waals surface area (Å²) < 4.78 is 5.20. The summed E-state index contributed by atoms with van der Waals surface area (Å²) in [7, 11) is 0. The van der Waals surface area contributed by atoms with Crippen LogP contribution in [-0.2, 0) is 14.3 Å². The summed E-state index contributed by atoms with van der Waals surface area (Å²) in [5.41, 5.74) is 1.49. The van der Waals surface area contributed by atoms with E-state index in [9.17, 15) is 9.59 Å². The summed E-state index contributed by atoms with van der Waals surface area (Å²) in [6.07, 6.45) is 0. The van der Waals surface area contributed by atoms with Gasteiger partial charge in [0.1, 0.15) is 0 Å². The zero-order valence-corrected chi connectivity index (χ0v) is 14.4. The highest BCUT2D eigenvalue weighted by molar-refractivity contribution is 6.30. The topological polar surface area (TPSA) is 55.4 Å². The van der Waals surface area contributed by atoms with Crippen LogP contribution in [0.4, 0.5) is 5.69 Å². The van der Waals surface area contributed by atoms with E-state index in [2.05, 4.69) is 5.32 Å². The zero-order valence-electron chi connectivity index (χ0n) is 13.7. The molecule has 0 heterocycles. The fraction of sp³-hybridized carbons (Fsp3) is 0.263. The molecular formula is C19H20ClNO3. The van der Waals surface area contributed by atoms with Gasteiger partial charge in [0.05, 0.1) is 5.92 Å². The molecule has 2 aromatic carbocycles. The van der Waals surface area contributed by atoms with E-state index >= 15 is 0 Å². The molecule has 2 aromatic rings. The second kappa shape index (κ2) is 8.50. The summed E-state index contributed by atoms with van der Waals surface area (Å²) in [6, 6.07) is 16.1. The maximum absolute atomic E-state index is 12.4. The molecule has 2 rings (SSSR count). The highest BCUT2D eigenvalue weighted by atomic mass is 35.5. The predicted octanol–water partition coefficient (Wildman–Crippen LogP) is 4.26. The summed E-state index contributed by atoms with van der Waals surface area (Å²) in [5, 5.41) is 3.29. The smallest absolute Gasteiger partial charge is 0.314 e. The predicted molar refractivity (Wildman–Crippen MR) is 95.1 cm³/mol. The SMILES string of the molecule is CC(C)[C@@H](C(=O)OCC(=O)Nc1ccccc1)c1ccc(Cl)cc1. The summed E-state index contributed by atoms with van der Waals surface area (Å²) in [6.45, 7) is 3.56. The number of ether oxygens (including phenoxy) is 1. The van der Waals surface area contributed by atoms with E-state index in [0.29, 0.717) is 10.7 Å². The van der Waals surface area contributed by atoms with Crippen LogP contribution in [0.15, 0.2) is 54.6 Å². The lowest BCUT2D eigenvalue weighted by Crippen LogP contribution is -2.26. The first-order valence-electron chi connectivity index (χ1n) is 7.74. The van der Waals surface area contributed by atoms with Gasteiger partial charge < -0.3 is 10.1 Å². The highest BCUT2D eigenvalue weighted by Gasteiger charge is 2.26. The maximum atomic E-state index is 12.4. The molecule has 0 fully saturated rings. The van der Waals surface area contributed by atoms with Crippen LogP contribution < -0.4 is 5.32 Å². The fourth-order valence-electron chi connectivity index (χ4n) is 2.41. The molecule has 0 aliphatic rings. The number of amides is 1. The molecule has 1 N–H and O–H groups in total. The molecule has 0 unspecified atom stereocenters. The first-order valence-corrected chi connectivity index (χ1v) is 8.12. The number of nitrogens with one attached hydrogen (secondary N) is 1. The molecular weight excluding hydrogens is 326 g/mol. The van der Waals surface area contributed by atoms with Crippen LogP contribution >= 0.6 is 11.6 Å². The van der Waals surface area contributed by atoms with E-state index in [1.54, 1.807) is 36.4 Å². The van der Waals surface area contributed by atoms with Crippen molar-refractivity contribution in [3.8, 4) is 0 Å². The molecule has 126 valence electrons. The number of rotatable bonds is 6. The van der Waals surface area contributed by atoms with Crippen LogP contribution in [0.5, 0.6) is 0 Å². The summed E-state index contributed by atoms with van der Waals surface area (Å²) in [4.78, 5) is 24.3. The molecule has 4 nitrogen and oxygen atoms in total. The van der Waals surface area contributed by atoms with Crippen molar-refractivity contribution >= 4 is 29.2 Å². The van der Waals surface area contributed by atoms with Gasteiger partial charge in [0.15, 0.2) is 6.61 Å². The van der Waals surface area contributed by atoms with Crippen molar-refractivity contribution in [3.05, 3.63) is 65.2 Å². The van der Waals surface area contributed by atoms with Crippen molar-refractivity contribution in [2.75, 3.05) is 11.9 Å². The van der Waals surface area contributed by atoms with Gasteiger partial charge in [-0.15, -0.1) is 0 Å². The van der Waals surface area contributed by atoms with Gasteiger partial charge >= 0.3 is 5.97 Å². The van der Waals surface area contributed by atoms with E-state index in [-0.39, 0.29) is 18.4 Å². The van der Waals surface area contributed by atoms with Crippen molar-refractivity contribution in [2.45, 2.75) is 19.8 Å². The number of benzene rings is 2. The number of esters is 1. The molecule has 1 amide bonds. The molecule has 0 aliphatic carbocycles. The third kappa shape index (κ3) is 5.10.